The molecule has 0 aliphatic heterocycles. The van der Waals surface area contributed by atoms with Gasteiger partial charge in [-0.05, 0) is 30.9 Å². The number of aryl methyl sites for hydroxylation is 1. The molecule has 0 spiro atoms. The normalized spacial score (nSPS) is 23.3. The summed E-state index contributed by atoms with van der Waals surface area (Å²) < 4.78 is 0. The van der Waals surface area contributed by atoms with E-state index in [-0.39, 0.29) is 0 Å². The molecule has 3 rings (SSSR count). The number of nitrogens with one attached hydrogen (secondary N) is 1. The first-order chi connectivity index (χ1) is 7.06. The summed E-state index contributed by atoms with van der Waals surface area (Å²) in [6.07, 6.45) is 1.23. The van der Waals surface area contributed by atoms with Crippen LogP contribution in [0.2, 0.25) is 0 Å². The largest absolute Gasteiger partial charge is 0.340 e. The lowest BCUT2D eigenvalue weighted by molar-refractivity contribution is 0.611. The Balaban J connectivity index is 2.08. The fourth-order valence-electron chi connectivity index (χ4n) is 2.10. The van der Waals surface area contributed by atoms with Gasteiger partial charge in [-0.3, -0.25) is 0 Å². The van der Waals surface area contributed by atoms with Crippen molar-refractivity contribution < 1.29 is 0 Å². The third kappa shape index (κ3) is 1.34. The van der Waals surface area contributed by atoms with Gasteiger partial charge >= 0.3 is 0 Å². The topological polar surface area (TPSA) is 41.6 Å². The number of aromatic amines is 1. The van der Waals surface area contributed by atoms with Crippen LogP contribution in [0.5, 0.6) is 0 Å². The molecule has 1 aliphatic rings. The predicted octanol–water partition coefficient (Wildman–Crippen LogP) is 2.78. The summed E-state index contributed by atoms with van der Waals surface area (Å²) in [4.78, 5) is 12.3. The molecule has 1 fully saturated rings. The number of hydrogen-bond donors (Lipinski definition) is 1. The highest BCUT2D eigenvalue weighted by Crippen LogP contribution is 2.57. The summed E-state index contributed by atoms with van der Waals surface area (Å²) in [5.41, 5.74) is 3.35. The minimum absolute atomic E-state index is 0.420. The van der Waals surface area contributed by atoms with Crippen molar-refractivity contribution in [1.29, 1.82) is 0 Å². The number of aromatic nitrogens is 3. The first-order valence-electron chi connectivity index (χ1n) is 5.39. The lowest BCUT2D eigenvalue weighted by Crippen LogP contribution is -1.91. The average Bonchev–Trinajstić information content (AvgIpc) is 2.63. The molecule has 0 radical (unpaired) electrons. The Morgan fingerprint density at radius 1 is 1.33 bits per heavy atom. The molecule has 3 nitrogen and oxygen atoms in total. The Labute approximate surface area is 88.9 Å². The van der Waals surface area contributed by atoms with Crippen LogP contribution in [0.4, 0.5) is 0 Å². The van der Waals surface area contributed by atoms with Gasteiger partial charge in [-0.25, -0.2) is 9.97 Å². The SMILES string of the molecule is Cc1ccc2[nH]c(C3CC3(C)C)nc2n1. The Morgan fingerprint density at radius 2 is 2.07 bits per heavy atom. The highest BCUT2D eigenvalue weighted by molar-refractivity contribution is 5.70. The molecule has 1 aliphatic carbocycles. The second-order valence-electron chi connectivity index (χ2n) is 5.19. The molecule has 15 heavy (non-hydrogen) atoms. The zero-order chi connectivity index (χ0) is 10.6. The monoisotopic (exact) mass is 201 g/mol. The summed E-state index contributed by atoms with van der Waals surface area (Å²) in [7, 11) is 0. The smallest absolute Gasteiger partial charge is 0.177 e. The van der Waals surface area contributed by atoms with Gasteiger partial charge in [0.05, 0.1) is 5.52 Å². The Morgan fingerprint density at radius 3 is 2.73 bits per heavy atom. The van der Waals surface area contributed by atoms with Crippen molar-refractivity contribution in [1.82, 2.24) is 15.0 Å². The molecule has 0 amide bonds. The fraction of sp³-hybridized carbons (Fsp3) is 0.500. The molecule has 1 unspecified atom stereocenters. The van der Waals surface area contributed by atoms with E-state index in [2.05, 4.69) is 34.9 Å². The van der Waals surface area contributed by atoms with E-state index in [1.807, 2.05) is 13.0 Å². The van der Waals surface area contributed by atoms with Crippen LogP contribution in [-0.4, -0.2) is 15.0 Å². The van der Waals surface area contributed by atoms with Crippen molar-refractivity contribution in [2.45, 2.75) is 33.1 Å². The zero-order valence-corrected chi connectivity index (χ0v) is 9.33. The number of imidazole rings is 1. The van der Waals surface area contributed by atoms with Gasteiger partial charge in [0.25, 0.3) is 0 Å². The van der Waals surface area contributed by atoms with Gasteiger partial charge in [-0.15, -0.1) is 0 Å². The van der Waals surface area contributed by atoms with E-state index in [0.717, 1.165) is 22.7 Å². The molecule has 1 N–H and O–H groups in total. The van der Waals surface area contributed by atoms with Crippen molar-refractivity contribution in [3.05, 3.63) is 23.7 Å². The van der Waals surface area contributed by atoms with E-state index >= 15 is 0 Å². The summed E-state index contributed by atoms with van der Waals surface area (Å²) in [6.45, 7) is 6.56. The van der Waals surface area contributed by atoms with Crippen molar-refractivity contribution in [2.24, 2.45) is 5.41 Å². The molecule has 2 aromatic rings. The van der Waals surface area contributed by atoms with Crippen LogP contribution in [-0.2, 0) is 0 Å². The molecule has 2 heterocycles. The van der Waals surface area contributed by atoms with Gasteiger partial charge in [0, 0.05) is 11.6 Å². The maximum absolute atomic E-state index is 4.56. The molecule has 0 aromatic carbocycles. The van der Waals surface area contributed by atoms with E-state index in [4.69, 9.17) is 0 Å². The van der Waals surface area contributed by atoms with E-state index in [9.17, 15) is 0 Å². The number of pyridine rings is 1. The van der Waals surface area contributed by atoms with Gasteiger partial charge in [0.2, 0.25) is 0 Å². The average molecular weight is 201 g/mol. The standard InChI is InChI=1S/C12H15N3/c1-7-4-5-9-11(13-7)15-10(14-9)8-6-12(8,2)3/h4-5,8H,6H2,1-3H3,(H,13,14,15). The number of rotatable bonds is 1. The zero-order valence-electron chi connectivity index (χ0n) is 9.33. The maximum Gasteiger partial charge on any atom is 0.177 e. The third-order valence-corrected chi connectivity index (χ3v) is 3.35. The molecule has 0 bridgehead atoms. The van der Waals surface area contributed by atoms with E-state index < -0.39 is 0 Å². The number of fused-ring (bicyclic) bond motifs is 1. The summed E-state index contributed by atoms with van der Waals surface area (Å²) in [5, 5.41) is 0. The van der Waals surface area contributed by atoms with Crippen molar-refractivity contribution in [3.8, 4) is 0 Å². The van der Waals surface area contributed by atoms with Gasteiger partial charge in [0.15, 0.2) is 5.65 Å². The van der Waals surface area contributed by atoms with Gasteiger partial charge in [0.1, 0.15) is 5.82 Å². The van der Waals surface area contributed by atoms with Crippen LogP contribution >= 0.6 is 0 Å². The predicted molar refractivity (Wildman–Crippen MR) is 59.8 cm³/mol. The Kier molecular flexibility index (Phi) is 1.54. The van der Waals surface area contributed by atoms with E-state index in [0.29, 0.717) is 11.3 Å². The van der Waals surface area contributed by atoms with Crippen LogP contribution in [0.25, 0.3) is 11.2 Å². The molecule has 1 atom stereocenters. The van der Waals surface area contributed by atoms with Crippen molar-refractivity contribution >= 4 is 11.2 Å². The number of hydrogen-bond acceptors (Lipinski definition) is 2. The van der Waals surface area contributed by atoms with Crippen LogP contribution < -0.4 is 0 Å². The maximum atomic E-state index is 4.56. The highest BCUT2D eigenvalue weighted by atomic mass is 15.0. The summed E-state index contributed by atoms with van der Waals surface area (Å²) in [6, 6.07) is 4.08. The summed E-state index contributed by atoms with van der Waals surface area (Å²) in [5.74, 6) is 1.69. The lowest BCUT2D eigenvalue weighted by atomic mass is 10.1. The van der Waals surface area contributed by atoms with Crippen LogP contribution in [0.3, 0.4) is 0 Å². The molecule has 0 saturated heterocycles. The minimum atomic E-state index is 0.420. The first kappa shape index (κ1) is 8.89. The van der Waals surface area contributed by atoms with Crippen LogP contribution in [0.1, 0.15) is 37.7 Å². The van der Waals surface area contributed by atoms with E-state index in [1.54, 1.807) is 0 Å². The van der Waals surface area contributed by atoms with E-state index in [1.165, 1.54) is 6.42 Å². The molecule has 78 valence electrons. The van der Waals surface area contributed by atoms with Gasteiger partial charge in [-0.1, -0.05) is 13.8 Å². The second kappa shape index (κ2) is 2.60. The molecule has 2 aromatic heterocycles. The molecule has 1 saturated carbocycles. The first-order valence-corrected chi connectivity index (χ1v) is 5.39. The highest BCUT2D eigenvalue weighted by Gasteiger charge is 2.48. The number of H-pyrrole nitrogens is 1. The molecular weight excluding hydrogens is 186 g/mol. The van der Waals surface area contributed by atoms with Crippen LogP contribution in [0.15, 0.2) is 12.1 Å². The van der Waals surface area contributed by atoms with Crippen LogP contribution in [0, 0.1) is 12.3 Å². The minimum Gasteiger partial charge on any atom is -0.340 e. The molecule has 3 heteroatoms. The quantitative estimate of drug-likeness (QED) is 0.770. The van der Waals surface area contributed by atoms with Gasteiger partial charge in [-0.2, -0.15) is 0 Å². The Bertz CT molecular complexity index is 525. The lowest BCUT2D eigenvalue weighted by Gasteiger charge is -1.97. The second-order valence-corrected chi connectivity index (χ2v) is 5.19. The fourth-order valence-corrected chi connectivity index (χ4v) is 2.10. The third-order valence-electron chi connectivity index (χ3n) is 3.35. The van der Waals surface area contributed by atoms with Gasteiger partial charge < -0.3 is 4.98 Å². The van der Waals surface area contributed by atoms with Crippen molar-refractivity contribution in [2.75, 3.05) is 0 Å². The number of nitrogens with zero attached hydrogens (tertiary/aromatic N) is 2. The Hall–Kier alpha value is -1.38. The van der Waals surface area contributed by atoms with Crippen molar-refractivity contribution in [3.63, 3.8) is 0 Å². The molecular formula is C12H15N3. The summed E-state index contributed by atoms with van der Waals surface area (Å²) >= 11 is 0.